The summed E-state index contributed by atoms with van der Waals surface area (Å²) in [5.41, 5.74) is 0. The van der Waals surface area contributed by atoms with Crippen LogP contribution in [0.25, 0.3) is 0 Å². The monoisotopic (exact) mass is 272 g/mol. The van der Waals surface area contributed by atoms with Crippen molar-refractivity contribution in [2.75, 3.05) is 27.2 Å². The lowest BCUT2D eigenvalue weighted by molar-refractivity contribution is 0.0684. The zero-order chi connectivity index (χ0) is 13.0. The highest BCUT2D eigenvalue weighted by molar-refractivity contribution is 7.80. The molecule has 0 saturated heterocycles. The molecule has 0 aromatic carbocycles. The molecule has 5 heteroatoms. The van der Waals surface area contributed by atoms with Crippen molar-refractivity contribution in [1.29, 1.82) is 0 Å². The lowest BCUT2D eigenvalue weighted by Crippen LogP contribution is -2.43. The Morgan fingerprint density at radius 1 is 1.53 bits per heavy atom. The van der Waals surface area contributed by atoms with Crippen LogP contribution in [0.4, 0.5) is 0 Å². The molecular formula is C12H20N2OS2. The Morgan fingerprint density at radius 3 is 2.59 bits per heavy atom. The minimum absolute atomic E-state index is 0.104. The van der Waals surface area contributed by atoms with Crippen molar-refractivity contribution in [1.82, 2.24) is 9.80 Å². The molecule has 1 unspecified atom stereocenters. The van der Waals surface area contributed by atoms with E-state index in [1.807, 2.05) is 37.4 Å². The van der Waals surface area contributed by atoms with Gasteiger partial charge >= 0.3 is 0 Å². The second-order valence-electron chi connectivity index (χ2n) is 4.37. The Kier molecular flexibility index (Phi) is 5.49. The molecule has 0 radical (unpaired) electrons. The number of thiophene rings is 1. The standard InChI is InChI=1S/C12H20N2OS2/c1-5-14(9(2)7-13(3)4)12(15)11-6-10(16)8-17-11/h6,8-9,16H,5,7H2,1-4H3. The fourth-order valence-corrected chi connectivity index (χ4v) is 2.97. The molecule has 0 spiro atoms. The molecule has 0 N–H and O–H groups in total. The first-order chi connectivity index (χ1) is 7.95. The summed E-state index contributed by atoms with van der Waals surface area (Å²) < 4.78 is 0. The van der Waals surface area contributed by atoms with E-state index in [9.17, 15) is 4.79 Å². The molecule has 1 amide bonds. The van der Waals surface area contributed by atoms with E-state index in [1.165, 1.54) is 11.3 Å². The van der Waals surface area contributed by atoms with Crippen LogP contribution in [0.1, 0.15) is 23.5 Å². The Balaban J connectivity index is 2.76. The number of rotatable bonds is 5. The smallest absolute Gasteiger partial charge is 0.264 e. The minimum atomic E-state index is 0.104. The molecule has 0 aliphatic heterocycles. The van der Waals surface area contributed by atoms with Gasteiger partial charge < -0.3 is 9.80 Å². The molecule has 1 rings (SSSR count). The Labute approximate surface area is 113 Å². The molecule has 1 heterocycles. The van der Waals surface area contributed by atoms with Gasteiger partial charge in [-0.1, -0.05) is 0 Å². The van der Waals surface area contributed by atoms with Crippen molar-refractivity contribution in [2.24, 2.45) is 0 Å². The predicted molar refractivity (Wildman–Crippen MR) is 76.3 cm³/mol. The molecule has 0 fully saturated rings. The molecule has 0 aliphatic rings. The first kappa shape index (κ1) is 14.5. The van der Waals surface area contributed by atoms with Crippen molar-refractivity contribution < 1.29 is 4.79 Å². The van der Waals surface area contributed by atoms with Crippen LogP contribution in [0.5, 0.6) is 0 Å². The summed E-state index contributed by atoms with van der Waals surface area (Å²) in [5, 5.41) is 1.89. The molecule has 0 saturated carbocycles. The third-order valence-electron chi connectivity index (χ3n) is 2.56. The van der Waals surface area contributed by atoms with Crippen LogP contribution in [0.3, 0.4) is 0 Å². The van der Waals surface area contributed by atoms with Crippen LogP contribution in [0.2, 0.25) is 0 Å². The number of amides is 1. The third-order valence-corrected chi connectivity index (χ3v) is 3.91. The fourth-order valence-electron chi connectivity index (χ4n) is 1.86. The maximum absolute atomic E-state index is 12.3. The zero-order valence-electron chi connectivity index (χ0n) is 10.8. The van der Waals surface area contributed by atoms with Crippen LogP contribution in [0.15, 0.2) is 16.3 Å². The summed E-state index contributed by atoms with van der Waals surface area (Å²) in [5.74, 6) is 0.104. The molecule has 17 heavy (non-hydrogen) atoms. The minimum Gasteiger partial charge on any atom is -0.334 e. The molecule has 1 aromatic rings. The zero-order valence-corrected chi connectivity index (χ0v) is 12.5. The predicted octanol–water partition coefficient (Wildman–Crippen LogP) is 2.45. The Hall–Kier alpha value is -0.520. The lowest BCUT2D eigenvalue weighted by Gasteiger charge is -2.29. The number of carbonyl (C=O) groups excluding carboxylic acids is 1. The fraction of sp³-hybridized carbons (Fsp3) is 0.583. The van der Waals surface area contributed by atoms with E-state index < -0.39 is 0 Å². The summed E-state index contributed by atoms with van der Waals surface area (Å²) in [4.78, 5) is 17.9. The summed E-state index contributed by atoms with van der Waals surface area (Å²) in [6.45, 7) is 5.70. The highest BCUT2D eigenvalue weighted by Crippen LogP contribution is 2.20. The second-order valence-corrected chi connectivity index (χ2v) is 5.80. The van der Waals surface area contributed by atoms with Gasteiger partial charge in [-0.3, -0.25) is 4.79 Å². The average Bonchev–Trinajstić information content (AvgIpc) is 2.64. The van der Waals surface area contributed by atoms with Crippen LogP contribution in [-0.2, 0) is 0 Å². The average molecular weight is 272 g/mol. The van der Waals surface area contributed by atoms with Crippen LogP contribution >= 0.6 is 24.0 Å². The van der Waals surface area contributed by atoms with Gasteiger partial charge in [0.25, 0.3) is 5.91 Å². The van der Waals surface area contributed by atoms with Gasteiger partial charge in [-0.2, -0.15) is 0 Å². The molecule has 0 aliphatic carbocycles. The number of hydrogen-bond acceptors (Lipinski definition) is 4. The van der Waals surface area contributed by atoms with E-state index >= 15 is 0 Å². The van der Waals surface area contributed by atoms with Crippen molar-refractivity contribution in [2.45, 2.75) is 24.8 Å². The molecule has 3 nitrogen and oxygen atoms in total. The quantitative estimate of drug-likeness (QED) is 0.832. The van der Waals surface area contributed by atoms with Crippen molar-refractivity contribution in [3.63, 3.8) is 0 Å². The highest BCUT2D eigenvalue weighted by atomic mass is 32.1. The Morgan fingerprint density at radius 2 is 2.18 bits per heavy atom. The van der Waals surface area contributed by atoms with Crippen LogP contribution < -0.4 is 0 Å². The Bertz CT molecular complexity index is 376. The number of hydrogen-bond donors (Lipinski definition) is 1. The first-order valence-corrected chi connectivity index (χ1v) is 7.01. The van der Waals surface area contributed by atoms with Gasteiger partial charge in [0.2, 0.25) is 0 Å². The summed E-state index contributed by atoms with van der Waals surface area (Å²) in [6, 6.07) is 2.05. The van der Waals surface area contributed by atoms with Gasteiger partial charge in [0, 0.05) is 29.4 Å². The number of thiol groups is 1. The van der Waals surface area contributed by atoms with Crippen molar-refractivity contribution in [3.05, 3.63) is 16.3 Å². The molecule has 96 valence electrons. The van der Waals surface area contributed by atoms with Crippen molar-refractivity contribution >= 4 is 29.9 Å². The molecule has 1 atom stereocenters. The van der Waals surface area contributed by atoms with Crippen LogP contribution in [0, 0.1) is 0 Å². The SMILES string of the molecule is CCN(C(=O)c1cc(S)cs1)C(C)CN(C)C. The van der Waals surface area contributed by atoms with Gasteiger partial charge in [0.05, 0.1) is 4.88 Å². The molecule has 0 bridgehead atoms. The number of carbonyl (C=O) groups is 1. The van der Waals surface area contributed by atoms with E-state index in [4.69, 9.17) is 0 Å². The summed E-state index contributed by atoms with van der Waals surface area (Å²) >= 11 is 5.69. The van der Waals surface area contributed by atoms with E-state index in [0.717, 1.165) is 22.9 Å². The maximum atomic E-state index is 12.3. The lowest BCUT2D eigenvalue weighted by atomic mass is 10.2. The van der Waals surface area contributed by atoms with E-state index in [1.54, 1.807) is 0 Å². The van der Waals surface area contributed by atoms with Crippen molar-refractivity contribution in [3.8, 4) is 0 Å². The largest absolute Gasteiger partial charge is 0.334 e. The number of nitrogens with zero attached hydrogens (tertiary/aromatic N) is 2. The van der Waals surface area contributed by atoms with E-state index in [2.05, 4.69) is 24.5 Å². The van der Waals surface area contributed by atoms with Gasteiger partial charge in [0.15, 0.2) is 0 Å². The van der Waals surface area contributed by atoms with Crippen LogP contribution in [-0.4, -0.2) is 48.9 Å². The van der Waals surface area contributed by atoms with Gasteiger partial charge in [-0.05, 0) is 34.0 Å². The third kappa shape index (κ3) is 4.01. The van der Waals surface area contributed by atoms with E-state index in [0.29, 0.717) is 0 Å². The number of likely N-dealkylation sites (N-methyl/N-ethyl adjacent to an activating group) is 2. The summed E-state index contributed by atoms with van der Waals surface area (Å²) in [6.07, 6.45) is 0. The van der Waals surface area contributed by atoms with E-state index in [-0.39, 0.29) is 11.9 Å². The summed E-state index contributed by atoms with van der Waals surface area (Å²) in [7, 11) is 4.04. The normalized spacial score (nSPS) is 12.8. The molecular weight excluding hydrogens is 252 g/mol. The first-order valence-electron chi connectivity index (χ1n) is 5.68. The second kappa shape index (κ2) is 6.42. The van der Waals surface area contributed by atoms with Gasteiger partial charge in [0.1, 0.15) is 0 Å². The highest BCUT2D eigenvalue weighted by Gasteiger charge is 2.21. The maximum Gasteiger partial charge on any atom is 0.264 e. The van der Waals surface area contributed by atoms with Gasteiger partial charge in [-0.25, -0.2) is 0 Å². The topological polar surface area (TPSA) is 23.6 Å². The van der Waals surface area contributed by atoms with Gasteiger partial charge in [-0.15, -0.1) is 24.0 Å². The molecule has 1 aromatic heterocycles.